The number of primary amides is 1. The van der Waals surface area contributed by atoms with E-state index >= 15 is 0 Å². The van der Waals surface area contributed by atoms with E-state index in [-0.39, 0.29) is 23.3 Å². The van der Waals surface area contributed by atoms with Crippen LogP contribution in [0.25, 0.3) is 6.08 Å². The number of nitrogens with two attached hydrogens (primary N) is 1. The van der Waals surface area contributed by atoms with Gasteiger partial charge in [-0.05, 0) is 125 Å². The van der Waals surface area contributed by atoms with E-state index in [9.17, 15) is 14.0 Å². The largest absolute Gasteiger partial charge is 0.369 e. The van der Waals surface area contributed by atoms with Gasteiger partial charge in [-0.2, -0.15) is 0 Å². The minimum Gasteiger partial charge on any atom is -0.369 e. The molecule has 4 rings (SSSR count). The topological polar surface area (TPSA) is 111 Å². The van der Waals surface area contributed by atoms with E-state index in [1.54, 1.807) is 6.07 Å². The van der Waals surface area contributed by atoms with Crippen LogP contribution in [0.4, 0.5) is 4.39 Å². The average Bonchev–Trinajstić information content (AvgIpc) is 3.77. The molecule has 2 aliphatic rings. The number of unbranched alkanes of at least 4 members (excludes halogenated alkanes) is 1. The molecular formula is C32H41BrFN5O2. The number of hydrogen-bond acceptors (Lipinski definition) is 4. The lowest BCUT2D eigenvalue weighted by molar-refractivity contribution is -0.123. The zero-order valence-corrected chi connectivity index (χ0v) is 25.4. The SMILES string of the molecule is Cc1c(/C=C\C2CC2)cc(Br)cc1CCc1c(F)cccc1C(=O)NC(=N)NCCCCN1CCC(C(N)=O)CC1. The third-order valence-corrected chi connectivity index (χ3v) is 8.59. The lowest BCUT2D eigenvalue weighted by Crippen LogP contribution is -2.41. The number of amides is 2. The summed E-state index contributed by atoms with van der Waals surface area (Å²) < 4.78 is 15.9. The molecule has 1 aliphatic carbocycles. The second kappa shape index (κ2) is 14.7. The summed E-state index contributed by atoms with van der Waals surface area (Å²) in [7, 11) is 0. The number of likely N-dealkylation sites (tertiary alicyclic amines) is 1. The van der Waals surface area contributed by atoms with E-state index in [4.69, 9.17) is 11.1 Å². The normalized spacial score (nSPS) is 16.2. The van der Waals surface area contributed by atoms with Crippen molar-refractivity contribution in [1.82, 2.24) is 15.5 Å². The Balaban J connectivity index is 1.26. The van der Waals surface area contributed by atoms with Crippen LogP contribution in [0.2, 0.25) is 0 Å². The molecule has 0 atom stereocenters. The molecule has 0 radical (unpaired) electrons. The maximum Gasteiger partial charge on any atom is 0.258 e. The molecule has 1 heterocycles. The number of benzene rings is 2. The molecule has 220 valence electrons. The number of rotatable bonds is 12. The van der Waals surface area contributed by atoms with Gasteiger partial charge < -0.3 is 16.0 Å². The van der Waals surface area contributed by atoms with Crippen molar-refractivity contribution >= 4 is 39.8 Å². The van der Waals surface area contributed by atoms with Crippen molar-refractivity contribution in [2.45, 2.75) is 58.3 Å². The minimum atomic E-state index is -0.492. The first-order valence-electron chi connectivity index (χ1n) is 14.6. The molecule has 2 aromatic rings. The first-order valence-corrected chi connectivity index (χ1v) is 15.4. The summed E-state index contributed by atoms with van der Waals surface area (Å²) in [5.74, 6) is -0.533. The molecule has 1 saturated heterocycles. The third-order valence-electron chi connectivity index (χ3n) is 8.13. The monoisotopic (exact) mass is 625 g/mol. The van der Waals surface area contributed by atoms with E-state index in [2.05, 4.69) is 62.7 Å². The quantitative estimate of drug-likeness (QED) is 0.145. The zero-order valence-electron chi connectivity index (χ0n) is 23.8. The predicted octanol–water partition coefficient (Wildman–Crippen LogP) is 5.34. The number of halogens is 2. The number of carbonyl (C=O) groups excluding carboxylic acids is 2. The van der Waals surface area contributed by atoms with Gasteiger partial charge in [-0.3, -0.25) is 20.3 Å². The summed E-state index contributed by atoms with van der Waals surface area (Å²) in [4.78, 5) is 26.7. The fraction of sp³-hybridized carbons (Fsp3) is 0.469. The number of allylic oxidation sites excluding steroid dienone is 1. The van der Waals surface area contributed by atoms with Gasteiger partial charge >= 0.3 is 0 Å². The van der Waals surface area contributed by atoms with Gasteiger partial charge in [0.05, 0.1) is 0 Å². The Labute approximate surface area is 250 Å². The standard InChI is InChI=1S/C32H41BrFN5O2/c1-21-24(10-9-22-7-8-22)19-26(33)20-25(21)11-12-27-28(5-4-6-29(27)34)31(41)38-32(36)37-15-2-3-16-39-17-13-23(14-18-39)30(35)40/h4-6,9-10,19-20,22-23H,2-3,7-8,11-18H2,1H3,(H2,35,40)(H3,36,37,38,41)/b10-9-. The van der Waals surface area contributed by atoms with Gasteiger partial charge in [0.1, 0.15) is 5.82 Å². The maximum absolute atomic E-state index is 14.9. The van der Waals surface area contributed by atoms with Crippen LogP contribution in [-0.4, -0.2) is 48.9 Å². The van der Waals surface area contributed by atoms with Gasteiger partial charge in [0.2, 0.25) is 5.91 Å². The number of piperidine rings is 1. The van der Waals surface area contributed by atoms with Crippen molar-refractivity contribution in [1.29, 1.82) is 5.41 Å². The van der Waals surface area contributed by atoms with Crippen molar-refractivity contribution in [3.8, 4) is 0 Å². The molecule has 2 amide bonds. The first-order chi connectivity index (χ1) is 19.7. The van der Waals surface area contributed by atoms with Crippen LogP contribution < -0.4 is 16.4 Å². The Morgan fingerprint density at radius 1 is 1.15 bits per heavy atom. The van der Waals surface area contributed by atoms with Crippen LogP contribution in [0.15, 0.2) is 40.9 Å². The van der Waals surface area contributed by atoms with Crippen molar-refractivity contribution < 1.29 is 14.0 Å². The molecule has 41 heavy (non-hydrogen) atoms. The van der Waals surface area contributed by atoms with Crippen LogP contribution in [0.5, 0.6) is 0 Å². The van der Waals surface area contributed by atoms with Crippen molar-refractivity contribution in [2.75, 3.05) is 26.2 Å². The molecule has 5 N–H and O–H groups in total. The number of nitrogens with one attached hydrogen (secondary N) is 3. The molecule has 9 heteroatoms. The smallest absolute Gasteiger partial charge is 0.258 e. The van der Waals surface area contributed by atoms with Crippen LogP contribution >= 0.6 is 15.9 Å². The number of guanidine groups is 1. The molecule has 1 aliphatic heterocycles. The van der Waals surface area contributed by atoms with E-state index in [1.807, 2.05) is 0 Å². The summed E-state index contributed by atoms with van der Waals surface area (Å²) in [5, 5.41) is 13.7. The Bertz CT molecular complexity index is 1290. The maximum atomic E-state index is 14.9. The number of carbonyl (C=O) groups is 2. The summed E-state index contributed by atoms with van der Waals surface area (Å²) in [6.45, 7) is 5.31. The zero-order chi connectivity index (χ0) is 29.4. The highest BCUT2D eigenvalue weighted by atomic mass is 79.9. The van der Waals surface area contributed by atoms with Crippen molar-refractivity contribution in [2.24, 2.45) is 17.6 Å². The average molecular weight is 627 g/mol. The molecule has 2 aromatic carbocycles. The summed E-state index contributed by atoms with van der Waals surface area (Å²) in [6, 6.07) is 8.69. The van der Waals surface area contributed by atoms with Crippen LogP contribution in [0, 0.1) is 30.0 Å². The van der Waals surface area contributed by atoms with Crippen molar-refractivity contribution in [3.63, 3.8) is 0 Å². The highest BCUT2D eigenvalue weighted by Gasteiger charge is 2.23. The second-order valence-electron chi connectivity index (χ2n) is 11.2. The molecule has 0 unspecified atom stereocenters. The highest BCUT2D eigenvalue weighted by Crippen LogP contribution is 2.32. The van der Waals surface area contributed by atoms with E-state index in [0.29, 0.717) is 30.9 Å². The summed E-state index contributed by atoms with van der Waals surface area (Å²) >= 11 is 3.61. The number of aryl methyl sites for hydroxylation is 1. The van der Waals surface area contributed by atoms with Crippen LogP contribution in [-0.2, 0) is 17.6 Å². The molecule has 0 bridgehead atoms. The van der Waals surface area contributed by atoms with Crippen LogP contribution in [0.3, 0.4) is 0 Å². The summed E-state index contributed by atoms with van der Waals surface area (Å²) in [6.07, 6.45) is 11.3. The second-order valence-corrected chi connectivity index (χ2v) is 12.1. The van der Waals surface area contributed by atoms with Gasteiger partial charge in [0.25, 0.3) is 5.91 Å². The first kappa shape index (κ1) is 30.9. The van der Waals surface area contributed by atoms with Gasteiger partial charge in [0.15, 0.2) is 5.96 Å². The van der Waals surface area contributed by atoms with Gasteiger partial charge in [-0.25, -0.2) is 4.39 Å². The predicted molar refractivity (Wildman–Crippen MR) is 165 cm³/mol. The molecule has 0 aromatic heterocycles. The highest BCUT2D eigenvalue weighted by molar-refractivity contribution is 9.10. The Hall–Kier alpha value is -3.04. The van der Waals surface area contributed by atoms with Gasteiger partial charge in [0, 0.05) is 28.1 Å². The Morgan fingerprint density at radius 2 is 1.90 bits per heavy atom. The molecular weight excluding hydrogens is 585 g/mol. The number of nitrogens with zero attached hydrogens (tertiary/aromatic N) is 1. The van der Waals surface area contributed by atoms with Gasteiger partial charge in [-0.15, -0.1) is 0 Å². The molecule has 2 fully saturated rings. The Morgan fingerprint density at radius 3 is 2.61 bits per heavy atom. The number of hydrogen-bond donors (Lipinski definition) is 4. The van der Waals surface area contributed by atoms with Gasteiger partial charge in [-0.1, -0.05) is 34.1 Å². The third kappa shape index (κ3) is 9.23. The summed E-state index contributed by atoms with van der Waals surface area (Å²) in [5.41, 5.74) is 9.43. The fourth-order valence-corrected chi connectivity index (χ4v) is 5.87. The van der Waals surface area contributed by atoms with E-state index in [0.717, 1.165) is 66.5 Å². The Kier molecular flexibility index (Phi) is 11.1. The molecule has 7 nitrogen and oxygen atoms in total. The van der Waals surface area contributed by atoms with E-state index in [1.165, 1.54) is 25.0 Å². The lowest BCUT2D eigenvalue weighted by Gasteiger charge is -2.30. The molecule has 0 spiro atoms. The van der Waals surface area contributed by atoms with Crippen molar-refractivity contribution in [3.05, 3.63) is 74.5 Å². The lowest BCUT2D eigenvalue weighted by atomic mass is 9.94. The molecule has 1 saturated carbocycles. The van der Waals surface area contributed by atoms with Crippen LogP contribution in [0.1, 0.15) is 71.1 Å². The van der Waals surface area contributed by atoms with E-state index < -0.39 is 11.7 Å². The minimum absolute atomic E-state index is 0.00730. The fourth-order valence-electron chi connectivity index (χ4n) is 5.34.